The molecular formula is C12H18N2. The highest BCUT2D eigenvalue weighted by Gasteiger charge is 1.91. The normalized spacial score (nSPS) is 11.0. The minimum atomic E-state index is 0.944. The number of hydrogen-bond acceptors (Lipinski definition) is 2. The van der Waals surface area contributed by atoms with Crippen LogP contribution in [-0.4, -0.2) is 19.8 Å². The maximum Gasteiger partial charge on any atom is 0.0273 e. The van der Waals surface area contributed by atoms with Crippen LogP contribution in [0.3, 0.4) is 0 Å². The van der Waals surface area contributed by atoms with Gasteiger partial charge in [-0.15, -0.1) is 0 Å². The minimum Gasteiger partial charge on any atom is -0.312 e. The Kier molecular flexibility index (Phi) is 4.94. The summed E-state index contributed by atoms with van der Waals surface area (Å²) in [5.41, 5.74) is 2.66. The molecule has 0 radical (unpaired) electrons. The van der Waals surface area contributed by atoms with E-state index in [-0.39, 0.29) is 0 Å². The summed E-state index contributed by atoms with van der Waals surface area (Å²) in [6.45, 7) is 4.05. The van der Waals surface area contributed by atoms with E-state index >= 15 is 0 Å². The molecule has 1 rings (SSSR count). The Balaban J connectivity index is 2.24. The van der Waals surface area contributed by atoms with Gasteiger partial charge in [0.05, 0.1) is 0 Å². The van der Waals surface area contributed by atoms with E-state index in [1.54, 1.807) is 7.05 Å². The smallest absolute Gasteiger partial charge is 0.0273 e. The zero-order valence-electron chi connectivity index (χ0n) is 8.96. The molecule has 0 aliphatic carbocycles. The second-order valence-corrected chi connectivity index (χ2v) is 3.40. The number of aryl methyl sites for hydroxylation is 1. The van der Waals surface area contributed by atoms with E-state index in [2.05, 4.69) is 41.5 Å². The predicted octanol–water partition coefficient (Wildman–Crippen LogP) is 2.18. The Morgan fingerprint density at radius 1 is 1.43 bits per heavy atom. The summed E-state index contributed by atoms with van der Waals surface area (Å²) >= 11 is 0. The molecular weight excluding hydrogens is 172 g/mol. The van der Waals surface area contributed by atoms with Gasteiger partial charge in [0.25, 0.3) is 0 Å². The molecule has 0 amide bonds. The Morgan fingerprint density at radius 2 is 2.29 bits per heavy atom. The van der Waals surface area contributed by atoms with E-state index in [9.17, 15) is 0 Å². The van der Waals surface area contributed by atoms with Gasteiger partial charge in [-0.2, -0.15) is 0 Å². The molecule has 0 fully saturated rings. The monoisotopic (exact) mass is 190 g/mol. The van der Waals surface area contributed by atoms with Crippen molar-refractivity contribution in [2.75, 3.05) is 13.6 Å². The summed E-state index contributed by atoms with van der Waals surface area (Å²) in [6, 6.07) is 8.57. The van der Waals surface area contributed by atoms with Crippen molar-refractivity contribution in [2.24, 2.45) is 4.99 Å². The molecule has 76 valence electrons. The maximum atomic E-state index is 3.93. The largest absolute Gasteiger partial charge is 0.312 e. The van der Waals surface area contributed by atoms with Crippen LogP contribution < -0.4 is 5.32 Å². The Labute approximate surface area is 86.1 Å². The van der Waals surface area contributed by atoms with Crippen LogP contribution in [0.5, 0.6) is 0 Å². The Hall–Kier alpha value is -1.15. The van der Waals surface area contributed by atoms with Gasteiger partial charge in [0.15, 0.2) is 0 Å². The van der Waals surface area contributed by atoms with Crippen molar-refractivity contribution in [1.29, 1.82) is 0 Å². The summed E-state index contributed by atoms with van der Waals surface area (Å²) in [7, 11) is 1.81. The molecule has 1 N–H and O–H groups in total. The predicted molar refractivity (Wildman–Crippen MR) is 61.9 cm³/mol. The number of benzene rings is 1. The van der Waals surface area contributed by atoms with E-state index in [1.807, 2.05) is 6.21 Å². The van der Waals surface area contributed by atoms with E-state index in [4.69, 9.17) is 0 Å². The van der Waals surface area contributed by atoms with Crippen LogP contribution in [0.2, 0.25) is 0 Å². The first kappa shape index (κ1) is 10.9. The second kappa shape index (κ2) is 6.33. The van der Waals surface area contributed by atoms with Crippen molar-refractivity contribution in [3.63, 3.8) is 0 Å². The van der Waals surface area contributed by atoms with Crippen molar-refractivity contribution >= 4 is 6.21 Å². The fourth-order valence-corrected chi connectivity index (χ4v) is 1.35. The molecule has 0 aromatic heterocycles. The van der Waals surface area contributed by atoms with Crippen LogP contribution in [-0.2, 0) is 6.54 Å². The summed E-state index contributed by atoms with van der Waals surface area (Å²) in [4.78, 5) is 3.93. The molecule has 0 saturated carbocycles. The van der Waals surface area contributed by atoms with E-state index in [0.29, 0.717) is 0 Å². The van der Waals surface area contributed by atoms with Crippen molar-refractivity contribution in [3.05, 3.63) is 35.4 Å². The topological polar surface area (TPSA) is 24.4 Å². The van der Waals surface area contributed by atoms with E-state index in [0.717, 1.165) is 19.5 Å². The summed E-state index contributed by atoms with van der Waals surface area (Å²) < 4.78 is 0. The Bertz CT molecular complexity index is 292. The molecule has 0 aliphatic heterocycles. The van der Waals surface area contributed by atoms with Gasteiger partial charge in [0.1, 0.15) is 0 Å². The van der Waals surface area contributed by atoms with Gasteiger partial charge in [-0.1, -0.05) is 29.8 Å². The van der Waals surface area contributed by atoms with Crippen LogP contribution in [0.15, 0.2) is 29.3 Å². The number of nitrogens with zero attached hydrogens (tertiary/aromatic N) is 1. The second-order valence-electron chi connectivity index (χ2n) is 3.40. The van der Waals surface area contributed by atoms with Crippen LogP contribution >= 0.6 is 0 Å². The average molecular weight is 190 g/mol. The molecule has 0 bridgehead atoms. The van der Waals surface area contributed by atoms with Crippen LogP contribution in [0.1, 0.15) is 17.5 Å². The van der Waals surface area contributed by atoms with Crippen molar-refractivity contribution in [2.45, 2.75) is 19.9 Å². The quantitative estimate of drug-likeness (QED) is 0.558. The van der Waals surface area contributed by atoms with Gasteiger partial charge in [0, 0.05) is 20.1 Å². The summed E-state index contributed by atoms with van der Waals surface area (Å²) in [6.07, 6.45) is 2.94. The molecule has 0 spiro atoms. The molecule has 2 heteroatoms. The third kappa shape index (κ3) is 4.19. The molecule has 0 unspecified atom stereocenters. The third-order valence-corrected chi connectivity index (χ3v) is 2.04. The average Bonchev–Trinajstić information content (AvgIpc) is 2.18. The van der Waals surface area contributed by atoms with E-state index in [1.165, 1.54) is 11.1 Å². The van der Waals surface area contributed by atoms with Crippen LogP contribution in [0.4, 0.5) is 0 Å². The highest BCUT2D eigenvalue weighted by Crippen LogP contribution is 2.02. The number of nitrogens with one attached hydrogen (secondary N) is 1. The molecule has 0 atom stereocenters. The molecule has 0 aliphatic rings. The van der Waals surface area contributed by atoms with Gasteiger partial charge >= 0.3 is 0 Å². The first-order chi connectivity index (χ1) is 6.83. The highest BCUT2D eigenvalue weighted by atomic mass is 14.8. The molecule has 14 heavy (non-hydrogen) atoms. The van der Waals surface area contributed by atoms with Gasteiger partial charge in [-0.3, -0.25) is 0 Å². The highest BCUT2D eigenvalue weighted by molar-refractivity contribution is 5.56. The zero-order valence-corrected chi connectivity index (χ0v) is 8.96. The summed E-state index contributed by atoms with van der Waals surface area (Å²) in [5.74, 6) is 0. The fraction of sp³-hybridized carbons (Fsp3) is 0.417. The lowest BCUT2D eigenvalue weighted by Gasteiger charge is -2.03. The van der Waals surface area contributed by atoms with Crippen molar-refractivity contribution < 1.29 is 0 Å². The Morgan fingerprint density at radius 3 is 3.00 bits per heavy atom. The SMILES string of the molecule is CN=CCCNCc1cccc(C)c1. The first-order valence-corrected chi connectivity index (χ1v) is 5.00. The van der Waals surface area contributed by atoms with Crippen LogP contribution in [0, 0.1) is 6.92 Å². The first-order valence-electron chi connectivity index (χ1n) is 5.00. The standard InChI is InChI=1S/C12H18N2/c1-11-5-3-6-12(9-11)10-14-8-4-7-13-2/h3,5-7,9,14H,4,8,10H2,1-2H3. The third-order valence-electron chi connectivity index (χ3n) is 2.04. The molecule has 0 heterocycles. The van der Waals surface area contributed by atoms with Crippen LogP contribution in [0.25, 0.3) is 0 Å². The van der Waals surface area contributed by atoms with E-state index < -0.39 is 0 Å². The lowest BCUT2D eigenvalue weighted by molar-refractivity contribution is 0.707. The fourth-order valence-electron chi connectivity index (χ4n) is 1.35. The van der Waals surface area contributed by atoms with Crippen molar-refractivity contribution in [3.8, 4) is 0 Å². The zero-order chi connectivity index (χ0) is 10.2. The molecule has 2 nitrogen and oxygen atoms in total. The number of hydrogen-bond donors (Lipinski definition) is 1. The van der Waals surface area contributed by atoms with Gasteiger partial charge < -0.3 is 10.3 Å². The van der Waals surface area contributed by atoms with Gasteiger partial charge in [-0.25, -0.2) is 0 Å². The lowest BCUT2D eigenvalue weighted by atomic mass is 10.1. The maximum absolute atomic E-state index is 3.93. The minimum absolute atomic E-state index is 0.944. The van der Waals surface area contributed by atoms with Gasteiger partial charge in [0.2, 0.25) is 0 Å². The molecule has 0 saturated heterocycles. The van der Waals surface area contributed by atoms with Gasteiger partial charge in [-0.05, 0) is 25.1 Å². The number of aliphatic imine (C=N–C) groups is 1. The lowest BCUT2D eigenvalue weighted by Crippen LogP contribution is -2.14. The summed E-state index contributed by atoms with van der Waals surface area (Å²) in [5, 5.41) is 3.37. The number of rotatable bonds is 5. The molecule has 1 aromatic carbocycles. The molecule has 1 aromatic rings. The van der Waals surface area contributed by atoms with Crippen molar-refractivity contribution in [1.82, 2.24) is 5.32 Å².